The van der Waals surface area contributed by atoms with Crippen LogP contribution in [-0.4, -0.2) is 39.3 Å². The molecule has 0 spiro atoms. The molecular weight excluding hydrogens is 386 g/mol. The Kier molecular flexibility index (Phi) is 7.32. The van der Waals surface area contributed by atoms with Gasteiger partial charge in [-0.2, -0.15) is 0 Å². The maximum Gasteiger partial charge on any atom is 0.342 e. The molecule has 0 bridgehead atoms. The van der Waals surface area contributed by atoms with E-state index in [9.17, 15) is 9.59 Å². The van der Waals surface area contributed by atoms with E-state index in [4.69, 9.17) is 18.9 Å². The molecule has 0 radical (unpaired) electrons. The maximum absolute atomic E-state index is 12.6. The molecular formula is C23H29NO6. The lowest BCUT2D eigenvalue weighted by Crippen LogP contribution is -2.30. The van der Waals surface area contributed by atoms with Crippen LogP contribution in [0.15, 0.2) is 36.4 Å². The van der Waals surface area contributed by atoms with Gasteiger partial charge in [-0.1, -0.05) is 32.9 Å². The molecule has 2 aromatic carbocycles. The number of methoxy groups -OCH3 is 3. The van der Waals surface area contributed by atoms with Gasteiger partial charge in [0.1, 0.15) is 11.3 Å². The van der Waals surface area contributed by atoms with Gasteiger partial charge in [0, 0.05) is 17.8 Å². The maximum atomic E-state index is 12.6. The molecule has 0 aliphatic rings. The van der Waals surface area contributed by atoms with E-state index in [-0.39, 0.29) is 16.7 Å². The average molecular weight is 415 g/mol. The molecule has 0 aliphatic heterocycles. The Bertz CT molecular complexity index is 899. The van der Waals surface area contributed by atoms with Gasteiger partial charge in [-0.15, -0.1) is 0 Å². The third-order valence-corrected chi connectivity index (χ3v) is 4.60. The summed E-state index contributed by atoms with van der Waals surface area (Å²) in [4.78, 5) is 25.1. The number of anilines is 1. The summed E-state index contributed by atoms with van der Waals surface area (Å²) in [6.07, 6.45) is -1.02. The lowest BCUT2D eigenvalue weighted by atomic mass is 9.87. The highest BCUT2D eigenvalue weighted by Crippen LogP contribution is 2.35. The van der Waals surface area contributed by atoms with Crippen LogP contribution in [0.3, 0.4) is 0 Å². The molecule has 0 heterocycles. The van der Waals surface area contributed by atoms with Crippen molar-refractivity contribution in [2.75, 3.05) is 26.6 Å². The number of esters is 1. The van der Waals surface area contributed by atoms with Gasteiger partial charge in [0.25, 0.3) is 5.91 Å². The van der Waals surface area contributed by atoms with Gasteiger partial charge in [0.2, 0.25) is 0 Å². The predicted octanol–water partition coefficient (Wildman–Crippen LogP) is 4.19. The van der Waals surface area contributed by atoms with Crippen LogP contribution in [0.25, 0.3) is 0 Å². The van der Waals surface area contributed by atoms with Gasteiger partial charge in [0.05, 0.1) is 21.3 Å². The van der Waals surface area contributed by atoms with Gasteiger partial charge in [-0.3, -0.25) is 4.79 Å². The number of hydrogen-bond acceptors (Lipinski definition) is 6. The molecule has 0 aromatic heterocycles. The fourth-order valence-electron chi connectivity index (χ4n) is 2.76. The highest BCUT2D eigenvalue weighted by molar-refractivity contribution is 5.98. The predicted molar refractivity (Wildman–Crippen MR) is 115 cm³/mol. The summed E-state index contributed by atoms with van der Waals surface area (Å²) in [6, 6.07) is 10.5. The first-order chi connectivity index (χ1) is 14.1. The summed E-state index contributed by atoms with van der Waals surface area (Å²) in [7, 11) is 4.37. The van der Waals surface area contributed by atoms with Crippen molar-refractivity contribution in [3.05, 3.63) is 47.5 Å². The Labute approximate surface area is 177 Å². The topological polar surface area (TPSA) is 83.1 Å². The molecule has 1 N–H and O–H groups in total. The average Bonchev–Trinajstić information content (AvgIpc) is 2.72. The van der Waals surface area contributed by atoms with Crippen molar-refractivity contribution >= 4 is 17.6 Å². The van der Waals surface area contributed by atoms with Crippen molar-refractivity contribution in [2.45, 2.75) is 39.2 Å². The smallest absolute Gasteiger partial charge is 0.342 e. The minimum atomic E-state index is -1.02. The lowest BCUT2D eigenvalue weighted by molar-refractivity contribution is -0.123. The van der Waals surface area contributed by atoms with Gasteiger partial charge in [0.15, 0.2) is 17.6 Å². The number of nitrogens with one attached hydrogen (secondary N) is 1. The van der Waals surface area contributed by atoms with E-state index in [1.54, 1.807) is 0 Å². The molecule has 7 heteroatoms. The van der Waals surface area contributed by atoms with Crippen LogP contribution in [0, 0.1) is 0 Å². The number of rotatable bonds is 7. The lowest BCUT2D eigenvalue weighted by Gasteiger charge is -2.19. The minimum Gasteiger partial charge on any atom is -0.496 e. The Morgan fingerprint density at radius 2 is 1.40 bits per heavy atom. The van der Waals surface area contributed by atoms with Crippen LogP contribution in [0.2, 0.25) is 0 Å². The largest absolute Gasteiger partial charge is 0.496 e. The van der Waals surface area contributed by atoms with Gasteiger partial charge < -0.3 is 24.3 Å². The highest BCUT2D eigenvalue weighted by atomic mass is 16.6. The SMILES string of the molecule is COc1cc(OC)c(C(=O)OC(C)C(=O)Nc2ccc(C(C)(C)C)cc2)cc1OC. The quantitative estimate of drug-likeness (QED) is 0.683. The second-order valence-electron chi connectivity index (χ2n) is 7.77. The molecule has 7 nitrogen and oxygen atoms in total. The molecule has 1 unspecified atom stereocenters. The Balaban J connectivity index is 2.10. The minimum absolute atomic E-state index is 0.0177. The van der Waals surface area contributed by atoms with E-state index in [0.717, 1.165) is 5.56 Å². The fraction of sp³-hybridized carbons (Fsp3) is 0.391. The Morgan fingerprint density at radius 3 is 1.90 bits per heavy atom. The van der Waals surface area contributed by atoms with E-state index in [2.05, 4.69) is 26.1 Å². The molecule has 162 valence electrons. The zero-order valence-corrected chi connectivity index (χ0v) is 18.5. The summed E-state index contributed by atoms with van der Waals surface area (Å²) in [5, 5.41) is 2.75. The standard InChI is InChI=1S/C23H29NO6/c1-14(21(25)24-16-10-8-15(9-11-16)23(2,3)4)30-22(26)17-12-19(28-6)20(29-7)13-18(17)27-5/h8-14H,1-7H3,(H,24,25). The summed E-state index contributed by atoms with van der Waals surface area (Å²) in [5.41, 5.74) is 1.92. The number of carbonyl (C=O) groups is 2. The van der Waals surface area contributed by atoms with Crippen LogP contribution < -0.4 is 19.5 Å². The molecule has 1 atom stereocenters. The first-order valence-electron chi connectivity index (χ1n) is 9.53. The molecule has 2 aromatic rings. The number of amides is 1. The number of carbonyl (C=O) groups excluding carboxylic acids is 2. The molecule has 0 aliphatic carbocycles. The van der Waals surface area contributed by atoms with Crippen molar-refractivity contribution in [3.8, 4) is 17.2 Å². The molecule has 0 saturated carbocycles. The van der Waals surface area contributed by atoms with Crippen LogP contribution >= 0.6 is 0 Å². The molecule has 0 fully saturated rings. The molecule has 0 saturated heterocycles. The van der Waals surface area contributed by atoms with Crippen LogP contribution in [0.4, 0.5) is 5.69 Å². The number of hydrogen-bond donors (Lipinski definition) is 1. The number of benzene rings is 2. The zero-order valence-electron chi connectivity index (χ0n) is 18.5. The normalized spacial score (nSPS) is 12.0. The second kappa shape index (κ2) is 9.52. The fourth-order valence-corrected chi connectivity index (χ4v) is 2.76. The van der Waals surface area contributed by atoms with Gasteiger partial charge >= 0.3 is 5.97 Å². The van der Waals surface area contributed by atoms with Crippen molar-refractivity contribution < 1.29 is 28.5 Å². The monoisotopic (exact) mass is 415 g/mol. The van der Waals surface area contributed by atoms with Crippen LogP contribution in [0.1, 0.15) is 43.6 Å². The van der Waals surface area contributed by atoms with E-state index in [1.807, 2.05) is 24.3 Å². The zero-order chi connectivity index (χ0) is 22.5. The van der Waals surface area contributed by atoms with E-state index < -0.39 is 18.0 Å². The first-order valence-corrected chi connectivity index (χ1v) is 9.53. The molecule has 1 amide bonds. The van der Waals surface area contributed by atoms with Gasteiger partial charge in [-0.05, 0) is 30.0 Å². The van der Waals surface area contributed by atoms with E-state index in [0.29, 0.717) is 17.2 Å². The third-order valence-electron chi connectivity index (χ3n) is 4.60. The van der Waals surface area contributed by atoms with Crippen molar-refractivity contribution in [2.24, 2.45) is 0 Å². The third kappa shape index (κ3) is 5.43. The summed E-state index contributed by atoms with van der Waals surface area (Å²) < 4.78 is 21.0. The molecule has 30 heavy (non-hydrogen) atoms. The van der Waals surface area contributed by atoms with Crippen molar-refractivity contribution in [3.63, 3.8) is 0 Å². The van der Waals surface area contributed by atoms with Crippen LogP contribution in [0.5, 0.6) is 17.2 Å². The first kappa shape index (κ1) is 23.1. The summed E-state index contributed by atoms with van der Waals surface area (Å²) >= 11 is 0. The van der Waals surface area contributed by atoms with Crippen molar-refractivity contribution in [1.29, 1.82) is 0 Å². The van der Waals surface area contributed by atoms with Crippen molar-refractivity contribution in [1.82, 2.24) is 0 Å². The van der Waals surface area contributed by atoms with E-state index >= 15 is 0 Å². The summed E-state index contributed by atoms with van der Waals surface area (Å²) in [6.45, 7) is 7.85. The summed E-state index contributed by atoms with van der Waals surface area (Å²) in [5.74, 6) is -0.135. The van der Waals surface area contributed by atoms with Crippen LogP contribution in [-0.2, 0) is 14.9 Å². The van der Waals surface area contributed by atoms with Gasteiger partial charge in [-0.25, -0.2) is 4.79 Å². The second-order valence-corrected chi connectivity index (χ2v) is 7.77. The highest BCUT2D eigenvalue weighted by Gasteiger charge is 2.24. The van der Waals surface area contributed by atoms with E-state index in [1.165, 1.54) is 40.4 Å². The Hall–Kier alpha value is -3.22. The molecule has 2 rings (SSSR count). The Morgan fingerprint density at radius 1 is 0.867 bits per heavy atom. The number of ether oxygens (including phenoxy) is 4.